The number of nitrogens with zero attached hydrogens (tertiary/aromatic N) is 2. The van der Waals surface area contributed by atoms with Gasteiger partial charge in [0.1, 0.15) is 5.69 Å². The second-order valence-electron chi connectivity index (χ2n) is 4.09. The lowest BCUT2D eigenvalue weighted by Gasteiger charge is -2.00. The van der Waals surface area contributed by atoms with Gasteiger partial charge in [0.25, 0.3) is 0 Å². The number of rotatable bonds is 3. The highest BCUT2D eigenvalue weighted by Gasteiger charge is 2.29. The van der Waals surface area contributed by atoms with E-state index < -0.39 is 0 Å². The van der Waals surface area contributed by atoms with Gasteiger partial charge in [0, 0.05) is 23.4 Å². The largest absolute Gasteiger partial charge is 0.281 e. The average molecular weight is 234 g/mol. The fourth-order valence-electron chi connectivity index (χ4n) is 1.94. The van der Waals surface area contributed by atoms with Crippen LogP contribution in [0.4, 0.5) is 0 Å². The maximum absolute atomic E-state index is 6.01. The third kappa shape index (κ3) is 1.61. The molecule has 1 fully saturated rings. The molecule has 0 unspecified atom stereocenters. The van der Waals surface area contributed by atoms with Gasteiger partial charge in [0.15, 0.2) is 0 Å². The Morgan fingerprint density at radius 3 is 2.88 bits per heavy atom. The van der Waals surface area contributed by atoms with Crippen LogP contribution in [-0.2, 0) is 5.88 Å². The van der Waals surface area contributed by atoms with Gasteiger partial charge in [0.05, 0.1) is 11.6 Å². The van der Waals surface area contributed by atoms with Crippen LogP contribution in [0.2, 0.25) is 0 Å². The molecule has 2 aromatic rings. The number of halogens is 1. The first-order chi connectivity index (χ1) is 7.90. The van der Waals surface area contributed by atoms with Crippen molar-refractivity contribution in [1.82, 2.24) is 15.2 Å². The minimum atomic E-state index is 0.494. The number of aromatic amines is 1. The predicted octanol–water partition coefficient (Wildman–Crippen LogP) is 3.09. The van der Waals surface area contributed by atoms with Gasteiger partial charge in [-0.25, -0.2) is 0 Å². The second kappa shape index (κ2) is 3.91. The molecule has 0 aromatic carbocycles. The van der Waals surface area contributed by atoms with Gasteiger partial charge in [0.2, 0.25) is 0 Å². The maximum Gasteiger partial charge on any atom is 0.115 e. The molecule has 0 spiro atoms. The van der Waals surface area contributed by atoms with Crippen molar-refractivity contribution in [2.75, 3.05) is 0 Å². The molecule has 16 heavy (non-hydrogen) atoms. The molecule has 1 aliphatic rings. The highest BCUT2D eigenvalue weighted by Crippen LogP contribution is 2.42. The van der Waals surface area contributed by atoms with Crippen molar-refractivity contribution >= 4 is 11.6 Å². The number of aromatic nitrogens is 3. The number of hydrogen-bond acceptors (Lipinski definition) is 2. The van der Waals surface area contributed by atoms with Crippen LogP contribution in [0.3, 0.4) is 0 Å². The van der Waals surface area contributed by atoms with E-state index in [9.17, 15) is 0 Å². The molecule has 0 atom stereocenters. The van der Waals surface area contributed by atoms with Gasteiger partial charge in [-0.1, -0.05) is 6.07 Å². The van der Waals surface area contributed by atoms with E-state index in [0.29, 0.717) is 11.8 Å². The smallest absolute Gasteiger partial charge is 0.115 e. The van der Waals surface area contributed by atoms with Crippen LogP contribution in [0.15, 0.2) is 24.4 Å². The Hall–Kier alpha value is -1.35. The van der Waals surface area contributed by atoms with E-state index in [1.165, 1.54) is 18.5 Å². The summed E-state index contributed by atoms with van der Waals surface area (Å²) in [4.78, 5) is 4.31. The molecule has 0 amide bonds. The molecule has 3 nitrogen and oxygen atoms in total. The molecule has 0 aliphatic heterocycles. The summed E-state index contributed by atoms with van der Waals surface area (Å²) in [6.45, 7) is 0. The zero-order chi connectivity index (χ0) is 11.0. The van der Waals surface area contributed by atoms with Crippen molar-refractivity contribution in [3.8, 4) is 11.4 Å². The quantitative estimate of drug-likeness (QED) is 0.828. The van der Waals surface area contributed by atoms with Gasteiger partial charge in [-0.3, -0.25) is 10.1 Å². The Morgan fingerprint density at radius 2 is 2.25 bits per heavy atom. The van der Waals surface area contributed by atoms with Crippen LogP contribution < -0.4 is 0 Å². The number of H-pyrrole nitrogens is 1. The van der Waals surface area contributed by atoms with Gasteiger partial charge in [-0.15, -0.1) is 11.6 Å². The van der Waals surface area contributed by atoms with Crippen molar-refractivity contribution in [3.63, 3.8) is 0 Å². The van der Waals surface area contributed by atoms with E-state index in [1.54, 1.807) is 6.20 Å². The third-order valence-electron chi connectivity index (χ3n) is 2.93. The molecular formula is C12H12ClN3. The number of nitrogens with one attached hydrogen (secondary N) is 1. The van der Waals surface area contributed by atoms with Gasteiger partial charge in [-0.05, 0) is 25.0 Å². The molecule has 2 heterocycles. The van der Waals surface area contributed by atoms with Crippen molar-refractivity contribution in [2.45, 2.75) is 24.6 Å². The van der Waals surface area contributed by atoms with Crippen molar-refractivity contribution in [2.24, 2.45) is 0 Å². The Balaban J connectivity index is 2.07. The summed E-state index contributed by atoms with van der Waals surface area (Å²) >= 11 is 6.01. The SMILES string of the molecule is ClCc1c(-c2ccccn2)n[nH]c1C1CC1. The standard InChI is InChI=1S/C12H12ClN3/c13-7-9-11(8-4-5-8)15-16-12(9)10-3-1-2-6-14-10/h1-3,6,8H,4-5,7H2,(H,15,16). The highest BCUT2D eigenvalue weighted by atomic mass is 35.5. The molecule has 3 rings (SSSR count). The fourth-order valence-corrected chi connectivity index (χ4v) is 2.21. The molecule has 0 bridgehead atoms. The maximum atomic E-state index is 6.01. The first-order valence-corrected chi connectivity index (χ1v) is 5.98. The summed E-state index contributed by atoms with van der Waals surface area (Å²) in [5.74, 6) is 1.13. The van der Waals surface area contributed by atoms with Crippen molar-refractivity contribution < 1.29 is 0 Å². The summed E-state index contributed by atoms with van der Waals surface area (Å²) in [7, 11) is 0. The van der Waals surface area contributed by atoms with Crippen LogP contribution in [0.1, 0.15) is 30.0 Å². The molecule has 1 saturated carbocycles. The van der Waals surface area contributed by atoms with E-state index in [0.717, 1.165) is 17.0 Å². The predicted molar refractivity (Wildman–Crippen MR) is 63.4 cm³/mol. The van der Waals surface area contributed by atoms with Crippen molar-refractivity contribution in [1.29, 1.82) is 0 Å². The van der Waals surface area contributed by atoms with Gasteiger partial charge >= 0.3 is 0 Å². The second-order valence-corrected chi connectivity index (χ2v) is 4.35. The molecule has 1 N–H and O–H groups in total. The zero-order valence-electron chi connectivity index (χ0n) is 8.78. The molecule has 2 aromatic heterocycles. The lowest BCUT2D eigenvalue weighted by molar-refractivity contribution is 0.957. The first-order valence-electron chi connectivity index (χ1n) is 5.44. The molecular weight excluding hydrogens is 222 g/mol. The topological polar surface area (TPSA) is 41.6 Å². The average Bonchev–Trinajstić information content (AvgIpc) is 3.09. The summed E-state index contributed by atoms with van der Waals surface area (Å²) in [5.41, 5.74) is 4.11. The Morgan fingerprint density at radius 1 is 1.38 bits per heavy atom. The van der Waals surface area contributed by atoms with Gasteiger partial charge < -0.3 is 0 Å². The van der Waals surface area contributed by atoms with Crippen molar-refractivity contribution in [3.05, 3.63) is 35.7 Å². The minimum absolute atomic E-state index is 0.494. The summed E-state index contributed by atoms with van der Waals surface area (Å²) in [5, 5.41) is 7.46. The Labute approximate surface area is 98.9 Å². The fraction of sp³-hybridized carbons (Fsp3) is 0.333. The lowest BCUT2D eigenvalue weighted by atomic mass is 10.1. The molecule has 1 aliphatic carbocycles. The monoisotopic (exact) mass is 233 g/mol. The molecule has 4 heteroatoms. The molecule has 0 saturated heterocycles. The highest BCUT2D eigenvalue weighted by molar-refractivity contribution is 6.17. The zero-order valence-corrected chi connectivity index (χ0v) is 9.54. The Bertz CT molecular complexity index is 488. The number of pyridine rings is 1. The third-order valence-corrected chi connectivity index (χ3v) is 3.19. The van der Waals surface area contributed by atoms with E-state index in [4.69, 9.17) is 11.6 Å². The minimum Gasteiger partial charge on any atom is -0.281 e. The van der Waals surface area contributed by atoms with Crippen LogP contribution in [-0.4, -0.2) is 15.2 Å². The van der Waals surface area contributed by atoms with E-state index in [2.05, 4.69) is 15.2 Å². The van der Waals surface area contributed by atoms with Crippen LogP contribution >= 0.6 is 11.6 Å². The van der Waals surface area contributed by atoms with Crippen LogP contribution in [0.5, 0.6) is 0 Å². The van der Waals surface area contributed by atoms with E-state index in [1.807, 2.05) is 18.2 Å². The molecule has 0 radical (unpaired) electrons. The van der Waals surface area contributed by atoms with Crippen LogP contribution in [0.25, 0.3) is 11.4 Å². The summed E-state index contributed by atoms with van der Waals surface area (Å²) in [6, 6.07) is 5.83. The normalized spacial score (nSPS) is 15.3. The summed E-state index contributed by atoms with van der Waals surface area (Å²) in [6.07, 6.45) is 4.26. The van der Waals surface area contributed by atoms with Crippen LogP contribution in [0, 0.1) is 0 Å². The van der Waals surface area contributed by atoms with E-state index >= 15 is 0 Å². The summed E-state index contributed by atoms with van der Waals surface area (Å²) < 4.78 is 0. The van der Waals surface area contributed by atoms with E-state index in [-0.39, 0.29) is 0 Å². The Kier molecular flexibility index (Phi) is 2.40. The molecule has 82 valence electrons. The first kappa shape index (κ1) is 9.85. The number of alkyl halides is 1. The number of hydrogen-bond donors (Lipinski definition) is 1. The van der Waals surface area contributed by atoms with Gasteiger partial charge in [-0.2, -0.15) is 5.10 Å². The lowest BCUT2D eigenvalue weighted by Crippen LogP contribution is -1.89.